The van der Waals surface area contributed by atoms with Gasteiger partial charge in [0.15, 0.2) is 5.69 Å². The molecule has 4 aromatic carbocycles. The summed E-state index contributed by atoms with van der Waals surface area (Å²) in [4.78, 5) is 8.36. The molecule has 7 rings (SSSR count). The second-order valence-electron chi connectivity index (χ2n) is 7.87. The SMILES string of the molecule is [C-]#[N+]c1ccnc(-c2c3c(cc4oc5ccccc5c24)-c2cccc4cccc-3c24)c1. The number of hydrogen-bond acceptors (Lipinski definition) is 2. The second-order valence-corrected chi connectivity index (χ2v) is 7.87. The number of furan rings is 1. The highest BCUT2D eigenvalue weighted by molar-refractivity contribution is 6.25. The van der Waals surface area contributed by atoms with Gasteiger partial charge >= 0.3 is 0 Å². The first-order valence-corrected chi connectivity index (χ1v) is 10.2. The summed E-state index contributed by atoms with van der Waals surface area (Å²) in [6.07, 6.45) is 1.72. The fraction of sp³-hybridized carbons (Fsp3) is 0. The van der Waals surface area contributed by atoms with E-state index in [1.807, 2.05) is 24.3 Å². The highest BCUT2D eigenvalue weighted by Gasteiger charge is 2.28. The minimum atomic E-state index is 0.581. The topological polar surface area (TPSA) is 30.4 Å². The number of benzene rings is 4. The van der Waals surface area contributed by atoms with E-state index in [2.05, 4.69) is 53.4 Å². The van der Waals surface area contributed by atoms with E-state index < -0.39 is 0 Å². The second kappa shape index (κ2) is 5.81. The maximum absolute atomic E-state index is 7.50. The van der Waals surface area contributed by atoms with E-state index in [4.69, 9.17) is 16.0 Å². The van der Waals surface area contributed by atoms with Gasteiger partial charge in [-0.15, -0.1) is 0 Å². The quantitative estimate of drug-likeness (QED) is 0.264. The van der Waals surface area contributed by atoms with Crippen LogP contribution in [0.15, 0.2) is 89.5 Å². The molecule has 31 heavy (non-hydrogen) atoms. The number of hydrogen-bond donors (Lipinski definition) is 0. The predicted molar refractivity (Wildman–Crippen MR) is 125 cm³/mol. The molecule has 0 aliphatic heterocycles. The van der Waals surface area contributed by atoms with Crippen LogP contribution in [0.1, 0.15) is 0 Å². The first-order valence-electron chi connectivity index (χ1n) is 10.2. The van der Waals surface area contributed by atoms with Crippen LogP contribution in [-0.4, -0.2) is 4.98 Å². The number of aromatic nitrogens is 1. The van der Waals surface area contributed by atoms with Gasteiger partial charge in [0.25, 0.3) is 0 Å². The fourth-order valence-corrected chi connectivity index (χ4v) is 5.03. The smallest absolute Gasteiger partial charge is 0.190 e. The lowest BCUT2D eigenvalue weighted by Gasteiger charge is -2.12. The summed E-state index contributed by atoms with van der Waals surface area (Å²) in [7, 11) is 0. The largest absolute Gasteiger partial charge is 0.456 e. The summed E-state index contributed by atoms with van der Waals surface area (Å²) in [5.74, 6) is 0. The molecular formula is C28H14N2O. The molecule has 2 heterocycles. The number of pyridine rings is 1. The molecule has 0 fully saturated rings. The molecule has 6 aromatic rings. The maximum atomic E-state index is 7.50. The normalized spacial score (nSPS) is 11.8. The van der Waals surface area contributed by atoms with Gasteiger partial charge in [-0.1, -0.05) is 54.6 Å². The third-order valence-electron chi connectivity index (χ3n) is 6.26. The average molecular weight is 394 g/mol. The highest BCUT2D eigenvalue weighted by Crippen LogP contribution is 2.54. The Labute approximate surface area is 178 Å². The Kier molecular flexibility index (Phi) is 3.07. The van der Waals surface area contributed by atoms with Crippen LogP contribution in [0.3, 0.4) is 0 Å². The number of rotatable bonds is 1. The Hall–Kier alpha value is -4.42. The lowest BCUT2D eigenvalue weighted by atomic mass is 9.91. The van der Waals surface area contributed by atoms with Gasteiger partial charge in [0, 0.05) is 28.1 Å². The van der Waals surface area contributed by atoms with Crippen molar-refractivity contribution in [1.29, 1.82) is 0 Å². The summed E-state index contributed by atoms with van der Waals surface area (Å²) in [6.45, 7) is 7.50. The Morgan fingerprint density at radius 1 is 0.710 bits per heavy atom. The number of para-hydroxylation sites is 1. The molecule has 3 heteroatoms. The minimum Gasteiger partial charge on any atom is -0.456 e. The molecule has 0 saturated heterocycles. The van der Waals surface area contributed by atoms with Crippen molar-refractivity contribution in [2.24, 2.45) is 0 Å². The van der Waals surface area contributed by atoms with E-state index in [-0.39, 0.29) is 0 Å². The monoisotopic (exact) mass is 394 g/mol. The van der Waals surface area contributed by atoms with Crippen LogP contribution in [-0.2, 0) is 0 Å². The van der Waals surface area contributed by atoms with Gasteiger partial charge in [-0.25, -0.2) is 4.85 Å². The van der Waals surface area contributed by atoms with Crippen LogP contribution in [0, 0.1) is 6.57 Å². The van der Waals surface area contributed by atoms with Crippen molar-refractivity contribution >= 4 is 38.4 Å². The van der Waals surface area contributed by atoms with Crippen molar-refractivity contribution in [3.05, 3.63) is 96.5 Å². The van der Waals surface area contributed by atoms with Crippen LogP contribution in [0.5, 0.6) is 0 Å². The molecule has 1 aliphatic rings. The van der Waals surface area contributed by atoms with Crippen molar-refractivity contribution in [3.63, 3.8) is 0 Å². The molecular weight excluding hydrogens is 380 g/mol. The maximum Gasteiger partial charge on any atom is 0.190 e. The molecule has 0 spiro atoms. The molecule has 0 amide bonds. The van der Waals surface area contributed by atoms with Crippen LogP contribution in [0.4, 0.5) is 5.69 Å². The number of nitrogens with zero attached hydrogens (tertiary/aromatic N) is 2. The van der Waals surface area contributed by atoms with Gasteiger partial charge < -0.3 is 4.42 Å². The van der Waals surface area contributed by atoms with E-state index in [1.165, 1.54) is 27.5 Å². The third-order valence-corrected chi connectivity index (χ3v) is 6.26. The summed E-state index contributed by atoms with van der Waals surface area (Å²) < 4.78 is 6.30. The predicted octanol–water partition coefficient (Wildman–Crippen LogP) is 8.00. The molecule has 1 aliphatic carbocycles. The summed E-state index contributed by atoms with van der Waals surface area (Å²) >= 11 is 0. The lowest BCUT2D eigenvalue weighted by Crippen LogP contribution is -1.89. The Morgan fingerprint density at radius 3 is 2.42 bits per heavy atom. The van der Waals surface area contributed by atoms with E-state index >= 15 is 0 Å². The van der Waals surface area contributed by atoms with Gasteiger partial charge in [-0.2, -0.15) is 0 Å². The van der Waals surface area contributed by atoms with Crippen molar-refractivity contribution in [2.45, 2.75) is 0 Å². The van der Waals surface area contributed by atoms with Gasteiger partial charge in [-0.05, 0) is 51.7 Å². The Balaban J connectivity index is 1.75. The number of fused-ring (bicyclic) bond motifs is 6. The van der Waals surface area contributed by atoms with Crippen molar-refractivity contribution in [2.75, 3.05) is 0 Å². The standard InChI is InChI=1S/C28H14N2O/c1-29-17-12-13-30-22(14-17)28-26-20-10-5-7-16-6-4-9-18(25(16)20)21(26)15-24-27(28)19-8-2-3-11-23(19)31-24/h2-15H. The minimum absolute atomic E-state index is 0.581. The van der Waals surface area contributed by atoms with Gasteiger partial charge in [0.05, 0.1) is 12.3 Å². The molecule has 0 atom stereocenters. The van der Waals surface area contributed by atoms with E-state index in [1.54, 1.807) is 12.3 Å². The molecule has 0 bridgehead atoms. The third kappa shape index (κ3) is 2.09. The molecule has 0 N–H and O–H groups in total. The van der Waals surface area contributed by atoms with E-state index in [0.717, 1.165) is 38.8 Å². The Morgan fingerprint density at radius 2 is 1.55 bits per heavy atom. The molecule has 3 nitrogen and oxygen atoms in total. The van der Waals surface area contributed by atoms with Crippen LogP contribution in [0.25, 0.3) is 71.1 Å². The summed E-state index contributed by atoms with van der Waals surface area (Å²) in [5.41, 5.74) is 8.86. The fourth-order valence-electron chi connectivity index (χ4n) is 5.03. The molecule has 142 valence electrons. The molecule has 0 radical (unpaired) electrons. The lowest BCUT2D eigenvalue weighted by molar-refractivity contribution is 0.669. The first kappa shape index (κ1) is 16.4. The molecule has 0 saturated carbocycles. The molecule has 0 unspecified atom stereocenters. The van der Waals surface area contributed by atoms with Gasteiger partial charge in [-0.3, -0.25) is 4.98 Å². The van der Waals surface area contributed by atoms with Gasteiger partial charge in [0.2, 0.25) is 0 Å². The van der Waals surface area contributed by atoms with Crippen molar-refractivity contribution in [3.8, 4) is 33.5 Å². The Bertz CT molecular complexity index is 1750. The summed E-state index contributed by atoms with van der Waals surface area (Å²) in [5, 5.41) is 4.60. The average Bonchev–Trinajstić information content (AvgIpc) is 3.35. The zero-order chi connectivity index (χ0) is 20.5. The zero-order valence-corrected chi connectivity index (χ0v) is 16.4. The summed E-state index contributed by atoms with van der Waals surface area (Å²) in [6, 6.07) is 26.8. The van der Waals surface area contributed by atoms with Gasteiger partial charge in [0.1, 0.15) is 11.2 Å². The highest BCUT2D eigenvalue weighted by atomic mass is 16.3. The van der Waals surface area contributed by atoms with Crippen molar-refractivity contribution < 1.29 is 4.42 Å². The first-order chi connectivity index (χ1) is 15.3. The van der Waals surface area contributed by atoms with Crippen molar-refractivity contribution in [1.82, 2.24) is 4.98 Å². The zero-order valence-electron chi connectivity index (χ0n) is 16.4. The van der Waals surface area contributed by atoms with Crippen LogP contribution in [0.2, 0.25) is 0 Å². The van der Waals surface area contributed by atoms with Crippen LogP contribution < -0.4 is 0 Å². The van der Waals surface area contributed by atoms with E-state index in [0.29, 0.717) is 5.69 Å². The van der Waals surface area contributed by atoms with Crippen LogP contribution >= 0.6 is 0 Å². The van der Waals surface area contributed by atoms with E-state index in [9.17, 15) is 0 Å². The molecule has 2 aromatic heterocycles.